The van der Waals surface area contributed by atoms with Gasteiger partial charge in [-0.05, 0) is 36.4 Å². The smallest absolute Gasteiger partial charge is 0.263 e. The Bertz CT molecular complexity index is 573. The Hall–Kier alpha value is -2.69. The highest BCUT2D eigenvalue weighted by atomic mass is 16.5. The van der Waals surface area contributed by atoms with Crippen molar-refractivity contribution in [3.05, 3.63) is 48.0 Å². The predicted octanol–water partition coefficient (Wildman–Crippen LogP) is 2.36. The fourth-order valence-corrected chi connectivity index (χ4v) is 1.63. The topological polar surface area (TPSA) is 78.8 Å². The van der Waals surface area contributed by atoms with Crippen LogP contribution in [0.3, 0.4) is 0 Å². The van der Waals surface area contributed by atoms with Crippen molar-refractivity contribution < 1.29 is 19.7 Å². The van der Waals surface area contributed by atoms with E-state index in [0.717, 1.165) is 0 Å². The maximum atomic E-state index is 11.9. The first-order chi connectivity index (χ1) is 9.11. The van der Waals surface area contributed by atoms with Crippen LogP contribution in [0.15, 0.2) is 42.5 Å². The number of carbonyl (C=O) groups excluding carboxylic acids is 1. The maximum Gasteiger partial charge on any atom is 0.263 e. The zero-order valence-electron chi connectivity index (χ0n) is 10.3. The van der Waals surface area contributed by atoms with E-state index < -0.39 is 5.91 Å². The molecule has 0 aliphatic rings. The molecule has 98 valence electrons. The van der Waals surface area contributed by atoms with Crippen molar-refractivity contribution in [2.24, 2.45) is 0 Å². The van der Waals surface area contributed by atoms with Gasteiger partial charge in [0.05, 0.1) is 7.11 Å². The lowest BCUT2D eigenvalue weighted by Crippen LogP contribution is -2.12. The zero-order valence-corrected chi connectivity index (χ0v) is 10.3. The summed E-state index contributed by atoms with van der Waals surface area (Å²) in [5.41, 5.74) is 0.381. The average Bonchev–Trinajstić information content (AvgIpc) is 2.39. The Morgan fingerprint density at radius 1 is 1.05 bits per heavy atom. The van der Waals surface area contributed by atoms with Crippen LogP contribution in [0.2, 0.25) is 0 Å². The van der Waals surface area contributed by atoms with Gasteiger partial charge in [0.15, 0.2) is 0 Å². The number of phenols is 2. The maximum absolute atomic E-state index is 11.9. The van der Waals surface area contributed by atoms with E-state index in [0.29, 0.717) is 11.4 Å². The summed E-state index contributed by atoms with van der Waals surface area (Å²) in [4.78, 5) is 11.9. The lowest BCUT2D eigenvalue weighted by molar-refractivity contribution is 0.102. The zero-order chi connectivity index (χ0) is 13.8. The van der Waals surface area contributed by atoms with Crippen molar-refractivity contribution in [3.63, 3.8) is 0 Å². The van der Waals surface area contributed by atoms with E-state index in [1.165, 1.54) is 18.2 Å². The van der Waals surface area contributed by atoms with Crippen LogP contribution < -0.4 is 10.1 Å². The van der Waals surface area contributed by atoms with Gasteiger partial charge in [0.1, 0.15) is 22.8 Å². The minimum absolute atomic E-state index is 0.154. The molecule has 0 fully saturated rings. The number of nitrogens with one attached hydrogen (secondary N) is 1. The molecule has 0 saturated heterocycles. The van der Waals surface area contributed by atoms with Crippen molar-refractivity contribution in [1.29, 1.82) is 0 Å². The lowest BCUT2D eigenvalue weighted by Gasteiger charge is -2.08. The molecule has 0 aromatic heterocycles. The highest BCUT2D eigenvalue weighted by Gasteiger charge is 2.15. The molecule has 2 rings (SSSR count). The van der Waals surface area contributed by atoms with Crippen LogP contribution in [0, 0.1) is 0 Å². The van der Waals surface area contributed by atoms with Gasteiger partial charge in [-0.15, -0.1) is 0 Å². The molecule has 2 aromatic rings. The molecule has 3 N–H and O–H groups in total. The third-order valence-corrected chi connectivity index (χ3v) is 2.60. The first-order valence-corrected chi connectivity index (χ1v) is 5.58. The molecule has 0 atom stereocenters. The number of benzene rings is 2. The Morgan fingerprint density at radius 2 is 1.63 bits per heavy atom. The van der Waals surface area contributed by atoms with E-state index in [2.05, 4.69) is 5.32 Å². The van der Waals surface area contributed by atoms with Gasteiger partial charge in [0.25, 0.3) is 5.91 Å². The van der Waals surface area contributed by atoms with Gasteiger partial charge in [-0.1, -0.05) is 6.07 Å². The molecular formula is C14H13NO4. The minimum Gasteiger partial charge on any atom is -0.507 e. The van der Waals surface area contributed by atoms with E-state index >= 15 is 0 Å². The van der Waals surface area contributed by atoms with Gasteiger partial charge in [-0.3, -0.25) is 4.79 Å². The van der Waals surface area contributed by atoms with Crippen LogP contribution in [0.1, 0.15) is 10.4 Å². The SMILES string of the molecule is COc1ccc(NC(=O)c2c(O)cccc2O)cc1. The van der Waals surface area contributed by atoms with Crippen LogP contribution in [0.25, 0.3) is 0 Å². The normalized spacial score (nSPS) is 9.95. The van der Waals surface area contributed by atoms with Crippen LogP contribution in [-0.2, 0) is 0 Å². The highest BCUT2D eigenvalue weighted by molar-refractivity contribution is 6.08. The number of methoxy groups -OCH3 is 1. The van der Waals surface area contributed by atoms with Crippen molar-refractivity contribution in [2.45, 2.75) is 0 Å². The number of carbonyl (C=O) groups is 1. The second kappa shape index (κ2) is 5.30. The monoisotopic (exact) mass is 259 g/mol. The number of aromatic hydroxyl groups is 2. The van der Waals surface area contributed by atoms with Crippen molar-refractivity contribution in [1.82, 2.24) is 0 Å². The molecule has 5 nitrogen and oxygen atoms in total. The van der Waals surface area contributed by atoms with Crippen molar-refractivity contribution in [3.8, 4) is 17.2 Å². The number of hydrogen-bond donors (Lipinski definition) is 3. The molecule has 0 aliphatic heterocycles. The summed E-state index contributed by atoms with van der Waals surface area (Å²) in [6.07, 6.45) is 0. The fourth-order valence-electron chi connectivity index (χ4n) is 1.63. The standard InChI is InChI=1S/C14H13NO4/c1-19-10-7-5-9(6-8-10)15-14(18)13-11(16)3-2-4-12(13)17/h2-8,16-17H,1H3,(H,15,18). The van der Waals surface area contributed by atoms with Crippen LogP contribution in [-0.4, -0.2) is 23.2 Å². The van der Waals surface area contributed by atoms with E-state index in [-0.39, 0.29) is 17.1 Å². The van der Waals surface area contributed by atoms with Gasteiger partial charge < -0.3 is 20.3 Å². The molecule has 0 unspecified atom stereocenters. The van der Waals surface area contributed by atoms with E-state index in [9.17, 15) is 15.0 Å². The number of phenolic OH excluding ortho intramolecular Hbond substituents is 2. The first kappa shape index (κ1) is 12.8. The molecule has 0 spiro atoms. The van der Waals surface area contributed by atoms with E-state index in [4.69, 9.17) is 4.74 Å². The Labute approximate surface area is 110 Å². The number of rotatable bonds is 3. The Kier molecular flexibility index (Phi) is 3.56. The summed E-state index contributed by atoms with van der Waals surface area (Å²) in [5.74, 6) is -0.457. The summed E-state index contributed by atoms with van der Waals surface area (Å²) in [5, 5.41) is 21.7. The van der Waals surface area contributed by atoms with Crippen LogP contribution in [0.5, 0.6) is 17.2 Å². The molecule has 0 aliphatic carbocycles. The Balaban J connectivity index is 2.21. The number of ether oxygens (including phenoxy) is 1. The Morgan fingerprint density at radius 3 is 2.16 bits per heavy atom. The number of amides is 1. The van der Waals surface area contributed by atoms with Gasteiger partial charge >= 0.3 is 0 Å². The molecule has 1 amide bonds. The van der Waals surface area contributed by atoms with Crippen LogP contribution in [0.4, 0.5) is 5.69 Å². The summed E-state index contributed by atoms with van der Waals surface area (Å²) in [6, 6.07) is 10.8. The highest BCUT2D eigenvalue weighted by Crippen LogP contribution is 2.27. The van der Waals surface area contributed by atoms with Crippen LogP contribution >= 0.6 is 0 Å². The molecule has 2 aromatic carbocycles. The largest absolute Gasteiger partial charge is 0.507 e. The third kappa shape index (κ3) is 2.77. The van der Waals surface area contributed by atoms with Gasteiger partial charge in [0.2, 0.25) is 0 Å². The van der Waals surface area contributed by atoms with Gasteiger partial charge in [-0.2, -0.15) is 0 Å². The molecule has 0 heterocycles. The number of hydrogen-bond acceptors (Lipinski definition) is 4. The molecule has 0 saturated carbocycles. The average molecular weight is 259 g/mol. The lowest BCUT2D eigenvalue weighted by atomic mass is 10.1. The van der Waals surface area contributed by atoms with Crippen molar-refractivity contribution in [2.75, 3.05) is 12.4 Å². The summed E-state index contributed by atoms with van der Waals surface area (Å²) >= 11 is 0. The second-order valence-electron chi connectivity index (χ2n) is 3.85. The molecular weight excluding hydrogens is 246 g/mol. The van der Waals surface area contributed by atoms with E-state index in [1.54, 1.807) is 31.4 Å². The van der Waals surface area contributed by atoms with Gasteiger partial charge in [-0.25, -0.2) is 0 Å². The van der Waals surface area contributed by atoms with Crippen molar-refractivity contribution >= 4 is 11.6 Å². The molecule has 0 radical (unpaired) electrons. The summed E-state index contributed by atoms with van der Waals surface area (Å²) in [7, 11) is 1.55. The summed E-state index contributed by atoms with van der Waals surface area (Å²) in [6.45, 7) is 0. The first-order valence-electron chi connectivity index (χ1n) is 5.58. The van der Waals surface area contributed by atoms with Gasteiger partial charge in [0, 0.05) is 5.69 Å². The third-order valence-electron chi connectivity index (χ3n) is 2.60. The quantitative estimate of drug-likeness (QED) is 0.790. The molecule has 19 heavy (non-hydrogen) atoms. The fraction of sp³-hybridized carbons (Fsp3) is 0.0714. The minimum atomic E-state index is -0.583. The number of anilines is 1. The molecule has 5 heteroatoms. The molecule has 0 bridgehead atoms. The predicted molar refractivity (Wildman–Crippen MR) is 70.7 cm³/mol. The second-order valence-corrected chi connectivity index (χ2v) is 3.85. The van der Waals surface area contributed by atoms with E-state index in [1.807, 2.05) is 0 Å². The summed E-state index contributed by atoms with van der Waals surface area (Å²) < 4.78 is 5.00.